The average Bonchev–Trinajstić information content (AvgIpc) is 3.76. The highest BCUT2D eigenvalue weighted by Gasteiger charge is 2.33. The molecule has 17 nitrogen and oxygen atoms in total. The summed E-state index contributed by atoms with van der Waals surface area (Å²) in [5, 5.41) is 33.5. The lowest BCUT2D eigenvalue weighted by Gasteiger charge is -2.40. The first kappa shape index (κ1) is 35.0. The maximum Gasteiger partial charge on any atom is 0.407 e. The molecular formula is C30H32F4N12O5. The Balaban J connectivity index is 1.24. The van der Waals surface area contributed by atoms with Crippen LogP contribution in [0.25, 0.3) is 16.9 Å². The van der Waals surface area contributed by atoms with Gasteiger partial charge in [-0.2, -0.15) is 32.6 Å². The molecule has 51 heavy (non-hydrogen) atoms. The summed E-state index contributed by atoms with van der Waals surface area (Å²) < 4.78 is 64.8. The predicted octanol–water partition coefficient (Wildman–Crippen LogP) is 3.72. The second-order valence-electron chi connectivity index (χ2n) is 12.4. The molecule has 5 heterocycles. The van der Waals surface area contributed by atoms with E-state index in [1.165, 1.54) is 37.5 Å². The number of amides is 2. The molecule has 2 amide bonds. The van der Waals surface area contributed by atoms with E-state index < -0.39 is 36.5 Å². The van der Waals surface area contributed by atoms with Crippen LogP contribution in [0.5, 0.6) is 11.5 Å². The first-order valence-corrected chi connectivity index (χ1v) is 15.5. The number of anilines is 1. The number of alkyl halides is 4. The van der Waals surface area contributed by atoms with Crippen molar-refractivity contribution in [2.24, 2.45) is 0 Å². The predicted molar refractivity (Wildman–Crippen MR) is 169 cm³/mol. The van der Waals surface area contributed by atoms with Gasteiger partial charge in [0.2, 0.25) is 0 Å². The molecule has 270 valence electrons. The molecule has 0 aliphatic carbocycles. The number of aromatic nitrogens is 9. The van der Waals surface area contributed by atoms with Crippen molar-refractivity contribution in [3.8, 4) is 22.8 Å². The number of tetrazole rings is 1. The van der Waals surface area contributed by atoms with E-state index in [0.717, 1.165) is 18.2 Å². The molecule has 0 radical (unpaired) electrons. The van der Waals surface area contributed by atoms with Crippen LogP contribution in [0.2, 0.25) is 0 Å². The highest BCUT2D eigenvalue weighted by molar-refractivity contribution is 6.09. The third-order valence-electron chi connectivity index (χ3n) is 7.90. The van der Waals surface area contributed by atoms with E-state index in [2.05, 4.69) is 50.3 Å². The smallest absolute Gasteiger partial charge is 0.407 e. The van der Waals surface area contributed by atoms with Gasteiger partial charge in [0.25, 0.3) is 5.91 Å². The number of carbonyl (C=O) groups is 2. The van der Waals surface area contributed by atoms with Crippen molar-refractivity contribution in [1.82, 2.24) is 54.4 Å². The van der Waals surface area contributed by atoms with Crippen molar-refractivity contribution in [3.63, 3.8) is 0 Å². The van der Waals surface area contributed by atoms with Gasteiger partial charge in [-0.05, 0) is 50.3 Å². The summed E-state index contributed by atoms with van der Waals surface area (Å²) in [6.07, 6.45) is 4.74. The molecule has 1 aliphatic rings. The number of hydrogen-bond acceptors (Lipinski definition) is 11. The average molecular weight is 717 g/mol. The molecule has 1 saturated heterocycles. The zero-order chi connectivity index (χ0) is 36.4. The van der Waals surface area contributed by atoms with Gasteiger partial charge in [-0.15, -0.1) is 10.2 Å². The Morgan fingerprint density at radius 2 is 1.88 bits per heavy atom. The van der Waals surface area contributed by atoms with E-state index in [-0.39, 0.29) is 52.3 Å². The highest BCUT2D eigenvalue weighted by Crippen LogP contribution is 2.38. The van der Waals surface area contributed by atoms with Crippen LogP contribution >= 0.6 is 0 Å². The van der Waals surface area contributed by atoms with Gasteiger partial charge in [-0.25, -0.2) is 14.3 Å². The first-order chi connectivity index (χ1) is 24.2. The molecule has 21 heteroatoms. The summed E-state index contributed by atoms with van der Waals surface area (Å²) in [6.45, 7) is 0.906. The van der Waals surface area contributed by atoms with Gasteiger partial charge >= 0.3 is 19.3 Å². The zero-order valence-electron chi connectivity index (χ0n) is 27.4. The first-order valence-electron chi connectivity index (χ1n) is 15.5. The summed E-state index contributed by atoms with van der Waals surface area (Å²) in [7, 11) is 0. The summed E-state index contributed by atoms with van der Waals surface area (Å²) in [6, 6.07) is 4.60. The van der Waals surface area contributed by atoms with Gasteiger partial charge in [-0.3, -0.25) is 14.4 Å². The van der Waals surface area contributed by atoms with Crippen LogP contribution < -0.4 is 14.8 Å². The Bertz CT molecular complexity index is 2020. The molecule has 0 spiro atoms. The summed E-state index contributed by atoms with van der Waals surface area (Å²) in [4.78, 5) is 34.1. The molecular weight excluding hydrogens is 684 g/mol. The van der Waals surface area contributed by atoms with Crippen LogP contribution in [-0.2, 0) is 6.54 Å². The van der Waals surface area contributed by atoms with Crippen molar-refractivity contribution < 1.29 is 41.7 Å². The monoisotopic (exact) mass is 716 g/mol. The van der Waals surface area contributed by atoms with Crippen molar-refractivity contribution in [2.75, 3.05) is 31.5 Å². The highest BCUT2D eigenvalue weighted by atomic mass is 19.3. The Kier molecular flexibility index (Phi) is 9.72. The Morgan fingerprint density at radius 1 is 1.12 bits per heavy atom. The van der Waals surface area contributed by atoms with Gasteiger partial charge in [0, 0.05) is 50.3 Å². The third-order valence-corrected chi connectivity index (χ3v) is 7.90. The number of ether oxygens (including phenoxy) is 2. The summed E-state index contributed by atoms with van der Waals surface area (Å²) in [5.74, 6) is -1.24. The minimum Gasteiger partial charge on any atom is -0.465 e. The number of fused-ring (bicyclic) bond motifs is 1. The number of rotatable bonds is 13. The molecule has 6 rings (SSSR count). The van der Waals surface area contributed by atoms with Crippen molar-refractivity contribution in [3.05, 3.63) is 60.4 Å². The number of nitrogens with zero attached hydrogens (tertiary/aromatic N) is 11. The fraction of sp³-hybridized carbons (Fsp3) is 0.400. The molecule has 1 aromatic carbocycles. The van der Waals surface area contributed by atoms with E-state index >= 15 is 0 Å². The normalized spacial score (nSPS) is 13.9. The molecule has 0 unspecified atom stereocenters. The van der Waals surface area contributed by atoms with Crippen LogP contribution in [0.4, 0.5) is 28.0 Å². The van der Waals surface area contributed by atoms with Gasteiger partial charge in [0.05, 0.1) is 23.5 Å². The number of halogens is 4. The Hall–Kier alpha value is -5.86. The molecule has 0 saturated carbocycles. The number of nitrogens with one attached hydrogen (secondary N) is 1. The summed E-state index contributed by atoms with van der Waals surface area (Å²) >= 11 is 0. The van der Waals surface area contributed by atoms with Crippen LogP contribution in [0.15, 0.2) is 49.1 Å². The molecule has 0 bridgehead atoms. The lowest BCUT2D eigenvalue weighted by molar-refractivity contribution is -0.0526. The minimum absolute atomic E-state index is 0.00344. The standard InChI is InChI=1S/C30H32F4N12O5/c1-30(2,3)44(29(48)49)10-9-42-13-17(14-42)46-39-23(38-41-46)16-43-15-21(37-26(47)20-12-36-45-8-4-7-35-25(20)45)24(40-43)19-11-18(50-27(31)32)5-6-22(19)51-28(33)34/h4-8,11-12,15,17,27-28H,9-10,13-14,16H2,1-3H3,(H,37,47)(H,48,49). The van der Waals surface area contributed by atoms with Crippen LogP contribution in [-0.4, -0.2) is 116 Å². The van der Waals surface area contributed by atoms with Crippen LogP contribution in [0.3, 0.4) is 0 Å². The van der Waals surface area contributed by atoms with Gasteiger partial charge in [-0.1, -0.05) is 0 Å². The van der Waals surface area contributed by atoms with Crippen molar-refractivity contribution >= 4 is 23.3 Å². The van der Waals surface area contributed by atoms with E-state index in [1.54, 1.807) is 12.3 Å². The minimum atomic E-state index is -3.27. The molecule has 1 fully saturated rings. The van der Waals surface area contributed by atoms with Crippen LogP contribution in [0, 0.1) is 0 Å². The maximum atomic E-state index is 13.4. The molecule has 1 aliphatic heterocycles. The van der Waals surface area contributed by atoms with E-state index in [4.69, 9.17) is 0 Å². The number of likely N-dealkylation sites (tertiary alicyclic amines) is 1. The molecule has 4 aromatic heterocycles. The van der Waals surface area contributed by atoms with E-state index in [1.807, 2.05) is 20.8 Å². The number of carboxylic acid groups (broad SMARTS) is 1. The van der Waals surface area contributed by atoms with Gasteiger partial charge < -0.3 is 24.8 Å². The lowest BCUT2D eigenvalue weighted by Crippen LogP contribution is -2.53. The number of hydrogen-bond donors (Lipinski definition) is 2. The molecule has 2 N–H and O–H groups in total. The second-order valence-corrected chi connectivity index (χ2v) is 12.4. The number of benzene rings is 1. The molecule has 0 atom stereocenters. The van der Waals surface area contributed by atoms with Crippen molar-refractivity contribution in [1.29, 1.82) is 0 Å². The fourth-order valence-corrected chi connectivity index (χ4v) is 5.49. The SMILES string of the molecule is CC(C)(C)N(CCN1CC(n2nnc(Cn3cc(NC(=O)c4cnn5cccnc45)c(-c4cc(OC(F)F)ccc4OC(F)F)n3)n2)C1)C(=O)O. The Labute approximate surface area is 286 Å². The lowest BCUT2D eigenvalue weighted by atomic mass is 10.1. The maximum absolute atomic E-state index is 13.4. The molecule has 5 aromatic rings. The van der Waals surface area contributed by atoms with Crippen molar-refractivity contribution in [2.45, 2.75) is 52.1 Å². The fourth-order valence-electron chi connectivity index (χ4n) is 5.49. The van der Waals surface area contributed by atoms with Gasteiger partial charge in [0.1, 0.15) is 29.3 Å². The quantitative estimate of drug-likeness (QED) is 0.169. The Morgan fingerprint density at radius 3 is 2.59 bits per heavy atom. The van der Waals surface area contributed by atoms with Gasteiger partial charge in [0.15, 0.2) is 11.5 Å². The third kappa shape index (κ3) is 7.97. The topological polar surface area (TPSA) is 183 Å². The second kappa shape index (κ2) is 14.2. The largest absolute Gasteiger partial charge is 0.465 e. The summed E-state index contributed by atoms with van der Waals surface area (Å²) in [5.41, 5.74) is -0.520. The van der Waals surface area contributed by atoms with E-state index in [9.17, 15) is 32.3 Å². The number of carbonyl (C=O) groups excluding carboxylic acids is 1. The van der Waals surface area contributed by atoms with Crippen LogP contribution in [0.1, 0.15) is 43.0 Å². The zero-order valence-corrected chi connectivity index (χ0v) is 27.4. The van der Waals surface area contributed by atoms with E-state index in [0.29, 0.717) is 26.2 Å².